The summed E-state index contributed by atoms with van der Waals surface area (Å²) in [4.78, 5) is 27.8. The molecule has 3 heteroatoms. The normalized spacial score (nSPS) is 35.6. The second kappa shape index (κ2) is 4.80. The van der Waals surface area contributed by atoms with Crippen LogP contribution in [0.5, 0.6) is 0 Å². The lowest BCUT2D eigenvalue weighted by molar-refractivity contribution is -0.122. The van der Waals surface area contributed by atoms with Gasteiger partial charge in [-0.25, -0.2) is 0 Å². The van der Waals surface area contributed by atoms with Crippen molar-refractivity contribution >= 4 is 17.5 Å². The van der Waals surface area contributed by atoms with Gasteiger partial charge in [0.05, 0.1) is 17.5 Å². The molecule has 1 aliphatic heterocycles. The minimum atomic E-state index is -0.0907. The van der Waals surface area contributed by atoms with Gasteiger partial charge in [0.2, 0.25) is 11.8 Å². The number of fused-ring (bicyclic) bond motifs is 5. The number of carbonyl (C=O) groups is 2. The van der Waals surface area contributed by atoms with Gasteiger partial charge in [0.25, 0.3) is 0 Å². The zero-order valence-corrected chi connectivity index (χ0v) is 13.2. The van der Waals surface area contributed by atoms with Crippen LogP contribution in [0, 0.1) is 23.7 Å². The van der Waals surface area contributed by atoms with Gasteiger partial charge >= 0.3 is 0 Å². The first-order chi connectivity index (χ1) is 11.3. The summed E-state index contributed by atoms with van der Waals surface area (Å²) in [5.41, 5.74) is 3.87. The quantitative estimate of drug-likeness (QED) is 0.586. The number of rotatable bonds is 1. The van der Waals surface area contributed by atoms with E-state index in [1.54, 1.807) is 11.1 Å². The first-order valence-electron chi connectivity index (χ1n) is 8.92. The molecule has 23 heavy (non-hydrogen) atoms. The molecule has 0 N–H and O–H groups in total. The maximum atomic E-state index is 13.2. The van der Waals surface area contributed by atoms with E-state index in [-0.39, 0.29) is 23.7 Å². The van der Waals surface area contributed by atoms with Crippen LogP contribution in [0.4, 0.5) is 5.69 Å². The number of imide groups is 1. The maximum Gasteiger partial charge on any atom is 0.238 e. The van der Waals surface area contributed by atoms with Gasteiger partial charge in [0, 0.05) is 0 Å². The number of carbonyl (C=O) groups excluding carboxylic acids is 2. The Morgan fingerprint density at radius 1 is 0.783 bits per heavy atom. The summed E-state index contributed by atoms with van der Waals surface area (Å²) in [7, 11) is 0. The van der Waals surface area contributed by atoms with E-state index in [9.17, 15) is 9.59 Å². The Morgan fingerprint density at radius 3 is 1.83 bits per heavy atom. The first kappa shape index (κ1) is 13.5. The van der Waals surface area contributed by atoms with E-state index in [4.69, 9.17) is 0 Å². The minimum Gasteiger partial charge on any atom is -0.274 e. The Labute approximate surface area is 136 Å². The van der Waals surface area contributed by atoms with Crippen molar-refractivity contribution in [3.05, 3.63) is 41.5 Å². The number of benzene rings is 1. The fourth-order valence-electron chi connectivity index (χ4n) is 5.72. The third-order valence-corrected chi connectivity index (χ3v) is 6.51. The molecule has 1 heterocycles. The standard InChI is InChI=1S/C20H21NO2/c22-19-17-15-10-4-8-13(15)14-9-5-11-16(14)18(17)20(23)21(19)12-6-2-1-3-7-12/h1-3,6-7,15-18H,4-5,8-11H2/t15-,16-,17-,18-/m1/s1. The second-order valence-corrected chi connectivity index (χ2v) is 7.45. The zero-order valence-electron chi connectivity index (χ0n) is 13.2. The molecule has 3 aliphatic carbocycles. The van der Waals surface area contributed by atoms with Crippen molar-refractivity contribution in [1.29, 1.82) is 0 Å². The lowest BCUT2D eigenvalue weighted by atomic mass is 9.66. The molecule has 0 aromatic heterocycles. The number of hydrogen-bond acceptors (Lipinski definition) is 2. The van der Waals surface area contributed by atoms with E-state index in [1.165, 1.54) is 17.7 Å². The summed E-state index contributed by atoms with van der Waals surface area (Å²) < 4.78 is 0. The van der Waals surface area contributed by atoms with Crippen LogP contribution >= 0.6 is 0 Å². The summed E-state index contributed by atoms with van der Waals surface area (Å²) in [6.07, 6.45) is 6.88. The van der Waals surface area contributed by atoms with Gasteiger partial charge in [0.1, 0.15) is 0 Å². The second-order valence-electron chi connectivity index (χ2n) is 7.45. The van der Waals surface area contributed by atoms with Crippen molar-refractivity contribution in [3.8, 4) is 0 Å². The van der Waals surface area contributed by atoms with Crippen LogP contribution in [0.15, 0.2) is 41.5 Å². The van der Waals surface area contributed by atoms with Gasteiger partial charge in [-0.3, -0.25) is 14.5 Å². The molecule has 4 atom stereocenters. The Bertz CT molecular complexity index is 678. The lowest BCUT2D eigenvalue weighted by Crippen LogP contribution is -2.35. The summed E-state index contributed by atoms with van der Waals surface area (Å²) in [6.45, 7) is 0. The van der Waals surface area contributed by atoms with Gasteiger partial charge < -0.3 is 0 Å². The molecule has 1 saturated heterocycles. The molecule has 0 radical (unpaired) electrons. The summed E-state index contributed by atoms with van der Waals surface area (Å²) in [5, 5.41) is 0. The van der Waals surface area contributed by atoms with E-state index in [1.807, 2.05) is 30.3 Å². The topological polar surface area (TPSA) is 37.4 Å². The van der Waals surface area contributed by atoms with Crippen molar-refractivity contribution in [3.63, 3.8) is 0 Å². The van der Waals surface area contributed by atoms with Gasteiger partial charge in [0.15, 0.2) is 0 Å². The highest BCUT2D eigenvalue weighted by Gasteiger charge is 2.59. The van der Waals surface area contributed by atoms with Crippen molar-refractivity contribution in [2.24, 2.45) is 23.7 Å². The third kappa shape index (κ3) is 1.71. The van der Waals surface area contributed by atoms with Crippen LogP contribution in [0.2, 0.25) is 0 Å². The molecular formula is C20H21NO2. The molecule has 2 amide bonds. The Hall–Kier alpha value is -1.90. The van der Waals surface area contributed by atoms with Crippen molar-refractivity contribution in [2.45, 2.75) is 38.5 Å². The third-order valence-electron chi connectivity index (χ3n) is 6.51. The van der Waals surface area contributed by atoms with Crippen LogP contribution in [-0.2, 0) is 9.59 Å². The molecule has 1 aromatic carbocycles. The fourth-order valence-corrected chi connectivity index (χ4v) is 5.72. The molecule has 0 unspecified atom stereocenters. The molecule has 3 fully saturated rings. The predicted molar refractivity (Wildman–Crippen MR) is 87.6 cm³/mol. The highest BCUT2D eigenvalue weighted by molar-refractivity contribution is 6.22. The molecule has 118 valence electrons. The van der Waals surface area contributed by atoms with Crippen LogP contribution in [0.3, 0.4) is 0 Å². The predicted octanol–water partition coefficient (Wildman–Crippen LogP) is 3.70. The number of nitrogens with zero attached hydrogens (tertiary/aromatic N) is 1. The highest BCUT2D eigenvalue weighted by atomic mass is 16.2. The van der Waals surface area contributed by atoms with Crippen molar-refractivity contribution < 1.29 is 9.59 Å². The molecule has 3 nitrogen and oxygen atoms in total. The highest BCUT2D eigenvalue weighted by Crippen LogP contribution is 2.57. The fraction of sp³-hybridized carbons (Fsp3) is 0.500. The van der Waals surface area contributed by atoms with Crippen LogP contribution in [0.25, 0.3) is 0 Å². The Kier molecular flexibility index (Phi) is 2.82. The van der Waals surface area contributed by atoms with Gasteiger partial charge in [-0.1, -0.05) is 29.3 Å². The SMILES string of the molecule is O=C1[C@H]2[C@H](C(=O)N1c1ccccc1)[C@@H]1CCCC1=C1CCC[C@H]12. The van der Waals surface area contributed by atoms with E-state index in [0.29, 0.717) is 11.8 Å². The Balaban J connectivity index is 1.62. The van der Waals surface area contributed by atoms with Crippen molar-refractivity contribution in [1.82, 2.24) is 0 Å². The largest absolute Gasteiger partial charge is 0.274 e. The molecule has 5 rings (SSSR count). The van der Waals surface area contributed by atoms with E-state index < -0.39 is 0 Å². The van der Waals surface area contributed by atoms with Crippen molar-refractivity contribution in [2.75, 3.05) is 4.90 Å². The van der Waals surface area contributed by atoms with Crippen LogP contribution in [0.1, 0.15) is 38.5 Å². The number of para-hydroxylation sites is 1. The maximum absolute atomic E-state index is 13.2. The smallest absolute Gasteiger partial charge is 0.238 e. The average Bonchev–Trinajstić information content (AvgIpc) is 3.26. The average molecular weight is 307 g/mol. The monoisotopic (exact) mass is 307 g/mol. The Morgan fingerprint density at radius 2 is 1.30 bits per heavy atom. The lowest BCUT2D eigenvalue weighted by Gasteiger charge is -2.34. The molecule has 0 spiro atoms. The number of anilines is 1. The van der Waals surface area contributed by atoms with E-state index in [2.05, 4.69) is 0 Å². The number of hydrogen-bond donors (Lipinski definition) is 0. The molecular weight excluding hydrogens is 286 g/mol. The molecule has 4 aliphatic rings. The summed E-state index contributed by atoms with van der Waals surface area (Å²) >= 11 is 0. The first-order valence-corrected chi connectivity index (χ1v) is 8.92. The van der Waals surface area contributed by atoms with Gasteiger partial charge in [-0.05, 0) is 62.5 Å². The zero-order chi connectivity index (χ0) is 15.6. The van der Waals surface area contributed by atoms with Crippen LogP contribution < -0.4 is 4.90 Å². The number of amides is 2. The molecule has 2 saturated carbocycles. The van der Waals surface area contributed by atoms with E-state index in [0.717, 1.165) is 31.4 Å². The molecule has 1 aromatic rings. The number of allylic oxidation sites excluding steroid dienone is 2. The minimum absolute atomic E-state index is 0.0570. The van der Waals surface area contributed by atoms with Gasteiger partial charge in [-0.2, -0.15) is 0 Å². The van der Waals surface area contributed by atoms with E-state index >= 15 is 0 Å². The van der Waals surface area contributed by atoms with Crippen LogP contribution in [-0.4, -0.2) is 11.8 Å². The van der Waals surface area contributed by atoms with Gasteiger partial charge in [-0.15, -0.1) is 0 Å². The summed E-state index contributed by atoms with van der Waals surface area (Å²) in [6, 6.07) is 9.49. The summed E-state index contributed by atoms with van der Waals surface area (Å²) in [5.74, 6) is 0.617. The molecule has 0 bridgehead atoms.